The number of aromatic nitrogens is 2. The predicted octanol–water partition coefficient (Wildman–Crippen LogP) is 4.37. The van der Waals surface area contributed by atoms with Gasteiger partial charge in [-0.15, -0.1) is 10.2 Å². The molecule has 1 amide bonds. The average Bonchev–Trinajstić information content (AvgIpc) is 2.57. The summed E-state index contributed by atoms with van der Waals surface area (Å²) in [7, 11) is 0. The van der Waals surface area contributed by atoms with Gasteiger partial charge in [-0.2, -0.15) is 0 Å². The molecular weight excluding hydrogens is 375 g/mol. The van der Waals surface area contributed by atoms with Gasteiger partial charge in [0.15, 0.2) is 11.5 Å². The number of hydrogen-bond donors (Lipinski definition) is 2. The van der Waals surface area contributed by atoms with E-state index in [1.165, 1.54) is 12.1 Å². The Morgan fingerprint density at radius 3 is 2.42 bits per heavy atom. The van der Waals surface area contributed by atoms with Crippen molar-refractivity contribution >= 4 is 39.0 Å². The number of carbonyl (C=O) groups excluding carboxylic acids is 1. The molecule has 3 aromatic rings. The van der Waals surface area contributed by atoms with Crippen molar-refractivity contribution < 1.29 is 9.18 Å². The Morgan fingerprint density at radius 1 is 0.958 bits per heavy atom. The van der Waals surface area contributed by atoms with E-state index < -0.39 is 0 Å². The second kappa shape index (κ2) is 7.18. The number of rotatable bonds is 4. The van der Waals surface area contributed by atoms with Gasteiger partial charge in [-0.1, -0.05) is 22.0 Å². The molecule has 0 saturated carbocycles. The molecule has 120 valence electrons. The molecule has 0 atom stereocenters. The van der Waals surface area contributed by atoms with Crippen LogP contribution in [0.4, 0.5) is 21.6 Å². The molecule has 3 rings (SSSR count). The van der Waals surface area contributed by atoms with Crippen LogP contribution in [0, 0.1) is 5.82 Å². The van der Waals surface area contributed by atoms with Crippen LogP contribution in [0.2, 0.25) is 0 Å². The highest BCUT2D eigenvalue weighted by Crippen LogP contribution is 2.17. The standard InChI is InChI=1S/C17H12BrFN4O/c18-11-2-1-3-14(10-11)21-17(24)15-8-9-16(23-22-15)20-13-6-4-12(19)5-7-13/h1-10H,(H,20,23)(H,21,24). The SMILES string of the molecule is O=C(Nc1cccc(Br)c1)c1ccc(Nc2ccc(F)cc2)nn1. The van der Waals surface area contributed by atoms with E-state index in [9.17, 15) is 9.18 Å². The van der Waals surface area contributed by atoms with Gasteiger partial charge in [0, 0.05) is 15.8 Å². The van der Waals surface area contributed by atoms with Crippen molar-refractivity contribution in [2.45, 2.75) is 0 Å². The zero-order valence-electron chi connectivity index (χ0n) is 12.3. The summed E-state index contributed by atoms with van der Waals surface area (Å²) in [6, 6.07) is 16.3. The molecule has 5 nitrogen and oxygen atoms in total. The number of nitrogens with one attached hydrogen (secondary N) is 2. The quantitative estimate of drug-likeness (QED) is 0.698. The minimum Gasteiger partial charge on any atom is -0.339 e. The van der Waals surface area contributed by atoms with Crippen LogP contribution in [0.25, 0.3) is 0 Å². The highest BCUT2D eigenvalue weighted by molar-refractivity contribution is 9.10. The van der Waals surface area contributed by atoms with Crippen LogP contribution in [0.1, 0.15) is 10.5 Å². The molecule has 1 heterocycles. The molecule has 0 saturated heterocycles. The second-order valence-corrected chi connectivity index (χ2v) is 5.82. The lowest BCUT2D eigenvalue weighted by Gasteiger charge is -2.07. The van der Waals surface area contributed by atoms with Gasteiger partial charge < -0.3 is 10.6 Å². The van der Waals surface area contributed by atoms with Gasteiger partial charge in [-0.25, -0.2) is 4.39 Å². The van der Waals surface area contributed by atoms with E-state index in [2.05, 4.69) is 36.8 Å². The highest BCUT2D eigenvalue weighted by Gasteiger charge is 2.09. The molecule has 2 aromatic carbocycles. The largest absolute Gasteiger partial charge is 0.339 e. The summed E-state index contributed by atoms with van der Waals surface area (Å²) in [4.78, 5) is 12.1. The molecular formula is C17H12BrFN4O. The minimum atomic E-state index is -0.353. The van der Waals surface area contributed by atoms with Crippen molar-refractivity contribution in [2.24, 2.45) is 0 Å². The lowest BCUT2D eigenvalue weighted by Crippen LogP contribution is -2.14. The first-order valence-corrected chi connectivity index (χ1v) is 7.83. The first-order valence-electron chi connectivity index (χ1n) is 7.03. The Balaban J connectivity index is 1.67. The third-order valence-electron chi connectivity index (χ3n) is 3.10. The fourth-order valence-electron chi connectivity index (χ4n) is 1.96. The molecule has 7 heteroatoms. The molecule has 0 radical (unpaired) electrons. The molecule has 0 bridgehead atoms. The summed E-state index contributed by atoms with van der Waals surface area (Å²) in [5.41, 5.74) is 1.53. The summed E-state index contributed by atoms with van der Waals surface area (Å²) in [6.07, 6.45) is 0. The highest BCUT2D eigenvalue weighted by atomic mass is 79.9. The van der Waals surface area contributed by atoms with Gasteiger partial charge in [0.25, 0.3) is 5.91 Å². The van der Waals surface area contributed by atoms with Gasteiger partial charge in [0.1, 0.15) is 5.82 Å². The second-order valence-electron chi connectivity index (χ2n) is 4.90. The number of anilines is 3. The number of halogens is 2. The van der Waals surface area contributed by atoms with Crippen molar-refractivity contribution in [3.8, 4) is 0 Å². The van der Waals surface area contributed by atoms with Crippen LogP contribution >= 0.6 is 15.9 Å². The van der Waals surface area contributed by atoms with Crippen LogP contribution in [-0.4, -0.2) is 16.1 Å². The summed E-state index contributed by atoms with van der Waals surface area (Å²) in [5, 5.41) is 13.6. The van der Waals surface area contributed by atoms with Gasteiger partial charge in [-0.05, 0) is 54.6 Å². The Labute approximate surface area is 146 Å². The van der Waals surface area contributed by atoms with Crippen molar-refractivity contribution in [1.29, 1.82) is 0 Å². The van der Waals surface area contributed by atoms with Crippen molar-refractivity contribution in [1.82, 2.24) is 10.2 Å². The number of nitrogens with zero attached hydrogens (tertiary/aromatic N) is 2. The van der Waals surface area contributed by atoms with E-state index in [1.54, 1.807) is 36.4 Å². The summed E-state index contributed by atoms with van der Waals surface area (Å²) in [6.45, 7) is 0. The van der Waals surface area contributed by atoms with Gasteiger partial charge in [-0.3, -0.25) is 4.79 Å². The molecule has 0 fully saturated rings. The maximum atomic E-state index is 12.9. The molecule has 0 aliphatic rings. The summed E-state index contributed by atoms with van der Waals surface area (Å²) < 4.78 is 13.7. The van der Waals surface area contributed by atoms with Gasteiger partial charge in [0.05, 0.1) is 0 Å². The molecule has 2 N–H and O–H groups in total. The summed E-state index contributed by atoms with van der Waals surface area (Å²) >= 11 is 3.34. The van der Waals surface area contributed by atoms with Crippen LogP contribution in [-0.2, 0) is 0 Å². The van der Waals surface area contributed by atoms with E-state index >= 15 is 0 Å². The zero-order valence-corrected chi connectivity index (χ0v) is 13.9. The van der Waals surface area contributed by atoms with Crippen LogP contribution < -0.4 is 10.6 Å². The number of benzene rings is 2. The lowest BCUT2D eigenvalue weighted by atomic mass is 10.3. The fraction of sp³-hybridized carbons (Fsp3) is 0. The van der Waals surface area contributed by atoms with Crippen LogP contribution in [0.5, 0.6) is 0 Å². The third-order valence-corrected chi connectivity index (χ3v) is 3.59. The number of carbonyl (C=O) groups is 1. The molecule has 0 spiro atoms. The average molecular weight is 387 g/mol. The lowest BCUT2D eigenvalue weighted by molar-refractivity contribution is 0.102. The maximum Gasteiger partial charge on any atom is 0.276 e. The van der Waals surface area contributed by atoms with E-state index in [0.29, 0.717) is 17.2 Å². The van der Waals surface area contributed by atoms with Crippen LogP contribution in [0.3, 0.4) is 0 Å². The molecule has 24 heavy (non-hydrogen) atoms. The van der Waals surface area contributed by atoms with Gasteiger partial charge >= 0.3 is 0 Å². The van der Waals surface area contributed by atoms with Crippen molar-refractivity contribution in [3.05, 3.63) is 76.6 Å². The number of hydrogen-bond acceptors (Lipinski definition) is 4. The Kier molecular flexibility index (Phi) is 4.81. The fourth-order valence-corrected chi connectivity index (χ4v) is 2.36. The monoisotopic (exact) mass is 386 g/mol. The molecule has 0 aliphatic carbocycles. The smallest absolute Gasteiger partial charge is 0.276 e. The Hall–Kier alpha value is -2.80. The molecule has 0 unspecified atom stereocenters. The summed E-state index contributed by atoms with van der Waals surface area (Å²) in [5.74, 6) is -0.208. The predicted molar refractivity (Wildman–Crippen MR) is 93.8 cm³/mol. The first-order chi connectivity index (χ1) is 11.6. The normalized spacial score (nSPS) is 10.2. The van der Waals surface area contributed by atoms with Crippen LogP contribution in [0.15, 0.2) is 65.1 Å². The van der Waals surface area contributed by atoms with Gasteiger partial charge in [0.2, 0.25) is 0 Å². The molecule has 1 aromatic heterocycles. The van der Waals surface area contributed by atoms with Crippen molar-refractivity contribution in [3.63, 3.8) is 0 Å². The zero-order chi connectivity index (χ0) is 16.9. The van der Waals surface area contributed by atoms with E-state index in [-0.39, 0.29) is 17.4 Å². The third kappa shape index (κ3) is 4.14. The minimum absolute atomic E-state index is 0.194. The van der Waals surface area contributed by atoms with Crippen molar-refractivity contribution in [2.75, 3.05) is 10.6 Å². The Bertz CT molecular complexity index is 853. The van der Waals surface area contributed by atoms with E-state index in [1.807, 2.05) is 12.1 Å². The first kappa shape index (κ1) is 16.1. The number of amides is 1. The topological polar surface area (TPSA) is 66.9 Å². The maximum absolute atomic E-state index is 12.9. The van der Waals surface area contributed by atoms with E-state index in [0.717, 1.165) is 4.47 Å². The Morgan fingerprint density at radius 2 is 1.75 bits per heavy atom. The molecule has 0 aliphatic heterocycles. The van der Waals surface area contributed by atoms with E-state index in [4.69, 9.17) is 0 Å².